The fraction of sp³-hybridized carbons (Fsp3) is 0.524. The van der Waals surface area contributed by atoms with Crippen molar-refractivity contribution in [1.29, 1.82) is 0 Å². The number of para-hydroxylation sites is 1. The minimum atomic E-state index is -0.758. The van der Waals surface area contributed by atoms with Crippen LogP contribution in [-0.4, -0.2) is 48.1 Å². The van der Waals surface area contributed by atoms with E-state index in [0.717, 1.165) is 18.5 Å². The summed E-state index contributed by atoms with van der Waals surface area (Å²) >= 11 is 0. The Bertz CT molecular complexity index is 756. The van der Waals surface area contributed by atoms with Crippen LogP contribution in [0.3, 0.4) is 0 Å². The second-order valence-electron chi connectivity index (χ2n) is 7.78. The van der Waals surface area contributed by atoms with E-state index < -0.39 is 5.97 Å². The van der Waals surface area contributed by atoms with Gasteiger partial charge in [-0.15, -0.1) is 0 Å². The molecule has 3 aliphatic heterocycles. The third-order valence-corrected chi connectivity index (χ3v) is 5.82. The number of fused-ring (bicyclic) bond motifs is 5. The highest BCUT2D eigenvalue weighted by molar-refractivity contribution is 5.88. The fourth-order valence-corrected chi connectivity index (χ4v) is 4.43. The number of carboxylic acids is 1. The van der Waals surface area contributed by atoms with Crippen molar-refractivity contribution in [3.8, 4) is 0 Å². The van der Waals surface area contributed by atoms with Crippen LogP contribution in [-0.2, 0) is 14.3 Å². The summed E-state index contributed by atoms with van der Waals surface area (Å²) < 4.78 is 11.9. The number of anilines is 1. The molecule has 3 saturated heterocycles. The molecule has 1 aromatic rings. The molecule has 3 aliphatic rings. The van der Waals surface area contributed by atoms with Gasteiger partial charge >= 0.3 is 12.0 Å². The van der Waals surface area contributed by atoms with Crippen molar-refractivity contribution in [3.63, 3.8) is 0 Å². The number of unbranched alkanes of at least 4 members (excludes halogenated alkanes) is 1. The number of aliphatic carboxylic acids is 1. The molecule has 6 atom stereocenters. The molecule has 4 rings (SSSR count). The molecule has 8 nitrogen and oxygen atoms in total. The molecular weight excluding hydrogens is 374 g/mol. The molecule has 156 valence electrons. The number of benzene rings is 1. The van der Waals surface area contributed by atoms with E-state index in [0.29, 0.717) is 18.9 Å². The monoisotopic (exact) mass is 401 g/mol. The van der Waals surface area contributed by atoms with Crippen LogP contribution in [0.5, 0.6) is 0 Å². The Morgan fingerprint density at radius 1 is 1.00 bits per heavy atom. The highest BCUT2D eigenvalue weighted by Crippen LogP contribution is 2.54. The number of allylic oxidation sites excluding steroid dienone is 2. The fourth-order valence-electron chi connectivity index (χ4n) is 4.43. The molecular formula is C21H27N3O5. The van der Waals surface area contributed by atoms with Gasteiger partial charge in [0.2, 0.25) is 0 Å². The second kappa shape index (κ2) is 8.94. The number of amides is 2. The molecule has 0 aliphatic carbocycles. The number of urea groups is 1. The van der Waals surface area contributed by atoms with E-state index in [1.165, 1.54) is 0 Å². The van der Waals surface area contributed by atoms with E-state index in [1.807, 2.05) is 30.3 Å². The lowest BCUT2D eigenvalue weighted by atomic mass is 9.77. The summed E-state index contributed by atoms with van der Waals surface area (Å²) in [5.41, 5.74) is 6.46. The molecule has 0 spiro atoms. The number of carbonyl (C=O) groups is 2. The number of nitrogens with one attached hydrogen (secondary N) is 3. The summed E-state index contributed by atoms with van der Waals surface area (Å²) in [6, 6.07) is 8.96. The molecule has 8 heteroatoms. The maximum absolute atomic E-state index is 12.0. The van der Waals surface area contributed by atoms with Gasteiger partial charge in [0.1, 0.15) is 12.2 Å². The van der Waals surface area contributed by atoms with Crippen LogP contribution in [0.1, 0.15) is 25.7 Å². The summed E-state index contributed by atoms with van der Waals surface area (Å²) in [7, 11) is 0. The zero-order valence-corrected chi connectivity index (χ0v) is 16.1. The van der Waals surface area contributed by atoms with Gasteiger partial charge in [0.25, 0.3) is 0 Å². The van der Waals surface area contributed by atoms with Crippen LogP contribution in [0.4, 0.5) is 10.5 Å². The molecule has 0 unspecified atom stereocenters. The van der Waals surface area contributed by atoms with Gasteiger partial charge in [-0.2, -0.15) is 0 Å². The van der Waals surface area contributed by atoms with Crippen molar-refractivity contribution in [3.05, 3.63) is 42.5 Å². The summed E-state index contributed by atoms with van der Waals surface area (Å²) in [6.07, 6.45) is 7.24. The Labute approximate surface area is 169 Å². The normalized spacial score (nSPS) is 31.6. The molecule has 1 aromatic carbocycles. The quantitative estimate of drug-likeness (QED) is 0.207. The topological polar surface area (TPSA) is 112 Å². The van der Waals surface area contributed by atoms with Crippen LogP contribution in [0, 0.1) is 11.8 Å². The van der Waals surface area contributed by atoms with Crippen LogP contribution in [0.2, 0.25) is 0 Å². The number of carbonyl (C=O) groups excluding carboxylic acids is 1. The van der Waals surface area contributed by atoms with Crippen molar-refractivity contribution < 1.29 is 24.2 Å². The number of carboxylic acid groups (broad SMARTS) is 1. The first-order valence-corrected chi connectivity index (χ1v) is 10.2. The largest absolute Gasteiger partial charge is 0.481 e. The SMILES string of the molecule is O=C(O)CCCC=CC[C@H]1[C@@H](CNNC(=O)Nc2ccccc2)[C@@H]2O[C@H]1[C@@H]1O[C@@H]12. The van der Waals surface area contributed by atoms with Crippen LogP contribution in [0.15, 0.2) is 42.5 Å². The van der Waals surface area contributed by atoms with Gasteiger partial charge < -0.3 is 19.9 Å². The molecule has 2 amide bonds. The standard InChI is InChI=1S/C21H27N3O5/c25-16(26)11-7-2-1-6-10-14-15(18-20-19(29-20)17(14)28-18)12-22-24-21(27)23-13-8-4-3-5-9-13/h1,3-6,8-9,14-15,17-20,22H,2,7,10-12H2,(H,25,26)(H2,23,24,27)/t14-,15+,17+,18-,19-,20+/m0/s1. The van der Waals surface area contributed by atoms with Gasteiger partial charge in [0, 0.05) is 24.6 Å². The first kappa shape index (κ1) is 19.9. The summed E-state index contributed by atoms with van der Waals surface area (Å²) in [5.74, 6) is -0.179. The molecule has 3 fully saturated rings. The minimum Gasteiger partial charge on any atom is -0.481 e. The van der Waals surface area contributed by atoms with Gasteiger partial charge in [0.15, 0.2) is 0 Å². The van der Waals surface area contributed by atoms with Crippen LogP contribution < -0.4 is 16.2 Å². The number of epoxide rings is 1. The van der Waals surface area contributed by atoms with E-state index in [2.05, 4.69) is 28.3 Å². The third-order valence-electron chi connectivity index (χ3n) is 5.82. The predicted octanol–water partition coefficient (Wildman–Crippen LogP) is 2.29. The van der Waals surface area contributed by atoms with Crippen LogP contribution in [0.25, 0.3) is 0 Å². The molecule has 29 heavy (non-hydrogen) atoms. The van der Waals surface area contributed by atoms with E-state index >= 15 is 0 Å². The molecule has 0 aromatic heterocycles. The van der Waals surface area contributed by atoms with E-state index in [9.17, 15) is 9.59 Å². The molecule has 2 bridgehead atoms. The number of hydrogen-bond acceptors (Lipinski definition) is 5. The van der Waals surface area contributed by atoms with Crippen molar-refractivity contribution in [2.75, 3.05) is 11.9 Å². The van der Waals surface area contributed by atoms with Crippen molar-refractivity contribution in [2.45, 2.75) is 50.1 Å². The lowest BCUT2D eigenvalue weighted by molar-refractivity contribution is -0.137. The molecule has 4 N–H and O–H groups in total. The van der Waals surface area contributed by atoms with Gasteiger partial charge in [0.05, 0.1) is 12.2 Å². The predicted molar refractivity (Wildman–Crippen MR) is 106 cm³/mol. The van der Waals surface area contributed by atoms with Crippen molar-refractivity contribution >= 4 is 17.7 Å². The highest BCUT2D eigenvalue weighted by Gasteiger charge is 2.68. The number of hydrogen-bond donors (Lipinski definition) is 4. The number of ether oxygens (including phenoxy) is 2. The molecule has 0 radical (unpaired) electrons. The highest BCUT2D eigenvalue weighted by atomic mass is 16.7. The van der Waals surface area contributed by atoms with Gasteiger partial charge in [-0.3, -0.25) is 10.2 Å². The second-order valence-corrected chi connectivity index (χ2v) is 7.78. The number of hydrazine groups is 1. The minimum absolute atomic E-state index is 0.0712. The van der Waals surface area contributed by atoms with E-state index in [4.69, 9.17) is 14.6 Å². The molecule has 3 heterocycles. The Balaban J connectivity index is 1.23. The Morgan fingerprint density at radius 3 is 2.48 bits per heavy atom. The maximum atomic E-state index is 12.0. The zero-order valence-electron chi connectivity index (χ0n) is 16.1. The van der Waals surface area contributed by atoms with Crippen molar-refractivity contribution in [1.82, 2.24) is 10.9 Å². The number of rotatable bonds is 10. The summed E-state index contributed by atoms with van der Waals surface area (Å²) in [4.78, 5) is 22.6. The summed E-state index contributed by atoms with van der Waals surface area (Å²) in [5, 5.41) is 11.5. The smallest absolute Gasteiger partial charge is 0.333 e. The summed E-state index contributed by atoms with van der Waals surface area (Å²) in [6.45, 7) is 0.605. The first-order chi connectivity index (χ1) is 14.1. The Morgan fingerprint density at radius 2 is 1.72 bits per heavy atom. The van der Waals surface area contributed by atoms with Gasteiger partial charge in [-0.05, 0) is 37.3 Å². The lowest BCUT2D eigenvalue weighted by Crippen LogP contribution is -2.47. The average molecular weight is 401 g/mol. The lowest BCUT2D eigenvalue weighted by Gasteiger charge is -2.25. The Hall–Kier alpha value is -2.42. The van der Waals surface area contributed by atoms with E-state index in [1.54, 1.807) is 0 Å². The maximum Gasteiger partial charge on any atom is 0.333 e. The van der Waals surface area contributed by atoms with E-state index in [-0.39, 0.29) is 42.8 Å². The van der Waals surface area contributed by atoms with Crippen molar-refractivity contribution in [2.24, 2.45) is 11.8 Å². The Kier molecular flexibility index (Phi) is 6.13. The first-order valence-electron chi connectivity index (χ1n) is 10.2. The zero-order chi connectivity index (χ0) is 20.2. The van der Waals surface area contributed by atoms with Crippen LogP contribution >= 0.6 is 0 Å². The third kappa shape index (κ3) is 4.77. The molecule has 0 saturated carbocycles. The van der Waals surface area contributed by atoms with Gasteiger partial charge in [-0.25, -0.2) is 10.2 Å². The van der Waals surface area contributed by atoms with Gasteiger partial charge in [-0.1, -0.05) is 30.4 Å². The average Bonchev–Trinajstić information content (AvgIpc) is 3.33.